The van der Waals surface area contributed by atoms with Gasteiger partial charge in [0.25, 0.3) is 0 Å². The summed E-state index contributed by atoms with van der Waals surface area (Å²) in [5.74, 6) is 1.18. The number of benzene rings is 2. The highest BCUT2D eigenvalue weighted by Gasteiger charge is 2.22. The van der Waals surface area contributed by atoms with Gasteiger partial charge in [-0.25, -0.2) is 4.98 Å². The van der Waals surface area contributed by atoms with Crippen molar-refractivity contribution in [3.05, 3.63) is 47.5 Å². The number of aryl methyl sites for hydroxylation is 2. The van der Waals surface area contributed by atoms with Crippen LogP contribution in [0.2, 0.25) is 0 Å². The lowest BCUT2D eigenvalue weighted by Gasteiger charge is -2.21. The number of rotatable bonds is 8. The number of hydrogen-bond donors (Lipinski definition) is 0. The van der Waals surface area contributed by atoms with Crippen molar-refractivity contribution >= 4 is 44.4 Å². The number of hydrogen-bond acceptors (Lipinski definition) is 6. The number of nitrogens with zero attached hydrogens (tertiary/aromatic N) is 3. The van der Waals surface area contributed by atoms with Crippen LogP contribution in [0.1, 0.15) is 11.1 Å². The number of amides is 1. The summed E-state index contributed by atoms with van der Waals surface area (Å²) in [5, 5.41) is 0.726. The lowest BCUT2D eigenvalue weighted by molar-refractivity contribution is -0.116. The third kappa shape index (κ3) is 5.29. The molecule has 0 spiro atoms. The monoisotopic (exact) mass is 429 g/mol. The first kappa shape index (κ1) is 21.6. The third-order valence-electron chi connectivity index (χ3n) is 4.60. The maximum atomic E-state index is 13.1. The number of anilines is 1. The molecule has 0 saturated heterocycles. The van der Waals surface area contributed by atoms with Crippen molar-refractivity contribution < 1.29 is 9.53 Å². The van der Waals surface area contributed by atoms with Crippen LogP contribution >= 0.6 is 23.1 Å². The first-order valence-electron chi connectivity index (χ1n) is 9.47. The molecule has 7 heteroatoms. The van der Waals surface area contributed by atoms with Crippen LogP contribution < -0.4 is 9.64 Å². The average molecular weight is 430 g/mol. The maximum Gasteiger partial charge on any atom is 0.239 e. The van der Waals surface area contributed by atoms with E-state index in [1.807, 2.05) is 31.1 Å². The molecule has 0 atom stereocenters. The van der Waals surface area contributed by atoms with Gasteiger partial charge in [-0.1, -0.05) is 35.1 Å². The number of aromatic nitrogens is 1. The Morgan fingerprint density at radius 1 is 1.10 bits per heavy atom. The highest BCUT2D eigenvalue weighted by Crippen LogP contribution is 2.36. The molecule has 0 unspecified atom stereocenters. The van der Waals surface area contributed by atoms with Gasteiger partial charge in [0.05, 0.1) is 17.6 Å². The molecule has 1 aromatic heterocycles. The molecule has 29 heavy (non-hydrogen) atoms. The summed E-state index contributed by atoms with van der Waals surface area (Å²) in [6.45, 7) is 5.49. The Labute approximate surface area is 180 Å². The van der Waals surface area contributed by atoms with Crippen molar-refractivity contribution in [1.82, 2.24) is 9.88 Å². The second kappa shape index (κ2) is 9.61. The Morgan fingerprint density at radius 3 is 2.48 bits per heavy atom. The number of ether oxygens (including phenoxy) is 1. The van der Waals surface area contributed by atoms with Crippen LogP contribution in [0.3, 0.4) is 0 Å². The Hall–Kier alpha value is -2.09. The molecule has 154 valence electrons. The summed E-state index contributed by atoms with van der Waals surface area (Å²) in [7, 11) is 5.67. The smallest absolute Gasteiger partial charge is 0.239 e. The predicted molar refractivity (Wildman–Crippen MR) is 124 cm³/mol. The SMILES string of the molecule is COc1ccc(C)c2sc(N(CCN(C)C)C(=O)CSc3ccc(C)cc3)nc12. The molecule has 0 aliphatic heterocycles. The maximum absolute atomic E-state index is 13.1. The van der Waals surface area contributed by atoms with Gasteiger partial charge in [-0.05, 0) is 51.7 Å². The normalized spacial score (nSPS) is 11.2. The molecular weight excluding hydrogens is 402 g/mol. The van der Waals surface area contributed by atoms with E-state index < -0.39 is 0 Å². The van der Waals surface area contributed by atoms with Gasteiger partial charge in [0.2, 0.25) is 5.91 Å². The van der Waals surface area contributed by atoms with Crippen LogP contribution in [0.25, 0.3) is 10.2 Å². The fourth-order valence-electron chi connectivity index (χ4n) is 2.86. The molecular formula is C22H27N3O2S2. The van der Waals surface area contributed by atoms with Crippen LogP contribution in [-0.4, -0.2) is 55.8 Å². The second-order valence-corrected chi connectivity index (χ2v) is 9.24. The summed E-state index contributed by atoms with van der Waals surface area (Å²) in [6, 6.07) is 12.2. The highest BCUT2D eigenvalue weighted by molar-refractivity contribution is 8.00. The van der Waals surface area contributed by atoms with Gasteiger partial charge >= 0.3 is 0 Å². The Balaban J connectivity index is 1.86. The summed E-state index contributed by atoms with van der Waals surface area (Å²) in [4.78, 5) is 22.9. The van der Waals surface area contributed by atoms with Crippen LogP contribution in [-0.2, 0) is 4.79 Å². The van der Waals surface area contributed by atoms with Gasteiger partial charge in [0.1, 0.15) is 11.3 Å². The number of carbonyl (C=O) groups is 1. The zero-order chi connectivity index (χ0) is 21.0. The minimum Gasteiger partial charge on any atom is -0.494 e. The van der Waals surface area contributed by atoms with Crippen molar-refractivity contribution in [2.24, 2.45) is 0 Å². The van der Waals surface area contributed by atoms with E-state index in [1.165, 1.54) is 5.56 Å². The van der Waals surface area contributed by atoms with Gasteiger partial charge in [-0.2, -0.15) is 0 Å². The minimum atomic E-state index is 0.0631. The number of carbonyl (C=O) groups excluding carboxylic acids is 1. The van der Waals surface area contributed by atoms with Crippen LogP contribution in [0.4, 0.5) is 5.13 Å². The van der Waals surface area contributed by atoms with E-state index in [4.69, 9.17) is 9.72 Å². The molecule has 0 aliphatic carbocycles. The first-order valence-corrected chi connectivity index (χ1v) is 11.3. The number of thiazole rings is 1. The van der Waals surface area contributed by atoms with Crippen molar-refractivity contribution in [2.75, 3.05) is 44.9 Å². The fraction of sp³-hybridized carbons (Fsp3) is 0.364. The van der Waals surface area contributed by atoms with Gasteiger partial charge in [0, 0.05) is 18.0 Å². The van der Waals surface area contributed by atoms with Gasteiger partial charge < -0.3 is 9.64 Å². The average Bonchev–Trinajstić information content (AvgIpc) is 3.14. The molecule has 0 fully saturated rings. The van der Waals surface area contributed by atoms with E-state index in [-0.39, 0.29) is 5.91 Å². The molecule has 0 saturated carbocycles. The van der Waals surface area contributed by atoms with Gasteiger partial charge in [-0.15, -0.1) is 11.8 Å². The highest BCUT2D eigenvalue weighted by atomic mass is 32.2. The van der Waals surface area contributed by atoms with Crippen LogP contribution in [0, 0.1) is 13.8 Å². The molecule has 1 amide bonds. The van der Waals surface area contributed by atoms with E-state index in [0.29, 0.717) is 12.3 Å². The topological polar surface area (TPSA) is 45.7 Å². The van der Waals surface area contributed by atoms with E-state index in [2.05, 4.69) is 43.0 Å². The van der Waals surface area contributed by atoms with Gasteiger partial charge in [0.15, 0.2) is 5.13 Å². The Morgan fingerprint density at radius 2 is 1.83 bits per heavy atom. The molecule has 0 radical (unpaired) electrons. The summed E-state index contributed by atoms with van der Waals surface area (Å²) < 4.78 is 6.54. The molecule has 0 aliphatic rings. The molecule has 5 nitrogen and oxygen atoms in total. The van der Waals surface area contributed by atoms with Crippen LogP contribution in [0.15, 0.2) is 41.3 Å². The quantitative estimate of drug-likeness (QED) is 0.490. The largest absolute Gasteiger partial charge is 0.494 e. The molecule has 2 aromatic carbocycles. The van der Waals surface area contributed by atoms with Gasteiger partial charge in [-0.3, -0.25) is 9.69 Å². The second-order valence-electron chi connectivity index (χ2n) is 7.21. The standard InChI is InChI=1S/C22H27N3O2S2/c1-15-6-9-17(10-7-15)28-14-19(26)25(13-12-24(3)4)22-23-20-18(27-5)11-8-16(2)21(20)29-22/h6-11H,12-14H2,1-5H3. The molecule has 0 bridgehead atoms. The number of likely N-dealkylation sites (N-methyl/N-ethyl adjacent to an activating group) is 1. The molecule has 0 N–H and O–H groups in total. The molecule has 1 heterocycles. The lowest BCUT2D eigenvalue weighted by Crippen LogP contribution is -2.37. The Kier molecular flexibility index (Phi) is 7.16. The Bertz CT molecular complexity index is 984. The van der Waals surface area contributed by atoms with E-state index in [0.717, 1.165) is 38.1 Å². The van der Waals surface area contributed by atoms with Crippen LogP contribution in [0.5, 0.6) is 5.75 Å². The number of methoxy groups -OCH3 is 1. The lowest BCUT2D eigenvalue weighted by atomic mass is 10.2. The summed E-state index contributed by atoms with van der Waals surface area (Å²) >= 11 is 3.11. The molecule has 3 aromatic rings. The predicted octanol–water partition coefficient (Wildman–Crippen LogP) is 4.61. The van der Waals surface area contributed by atoms with Crippen molar-refractivity contribution in [1.29, 1.82) is 0 Å². The summed E-state index contributed by atoms with van der Waals surface area (Å²) in [5.41, 5.74) is 3.17. The van der Waals surface area contributed by atoms with Crippen molar-refractivity contribution in [2.45, 2.75) is 18.7 Å². The van der Waals surface area contributed by atoms with Crippen molar-refractivity contribution in [3.63, 3.8) is 0 Å². The number of fused-ring (bicyclic) bond motifs is 1. The molecule has 3 rings (SSSR count). The zero-order valence-corrected chi connectivity index (χ0v) is 19.2. The van der Waals surface area contributed by atoms with E-state index in [1.54, 1.807) is 30.2 Å². The fourth-order valence-corrected chi connectivity index (χ4v) is 4.73. The van der Waals surface area contributed by atoms with E-state index in [9.17, 15) is 4.79 Å². The van der Waals surface area contributed by atoms with Crippen molar-refractivity contribution in [3.8, 4) is 5.75 Å². The minimum absolute atomic E-state index is 0.0631. The first-order chi connectivity index (χ1) is 13.9. The number of thioether (sulfide) groups is 1. The zero-order valence-electron chi connectivity index (χ0n) is 17.6. The van der Waals surface area contributed by atoms with E-state index >= 15 is 0 Å². The third-order valence-corrected chi connectivity index (χ3v) is 6.81. The summed E-state index contributed by atoms with van der Waals surface area (Å²) in [6.07, 6.45) is 0.